The molecule has 0 bridgehead atoms. The van der Waals surface area contributed by atoms with Gasteiger partial charge < -0.3 is 14.8 Å². The Hall–Kier alpha value is -2.71. The van der Waals surface area contributed by atoms with Gasteiger partial charge in [0, 0.05) is 44.7 Å². The van der Waals surface area contributed by atoms with Gasteiger partial charge in [-0.25, -0.2) is 8.78 Å². The third-order valence-corrected chi connectivity index (χ3v) is 7.56. The monoisotopic (exact) mass is 484 g/mol. The Kier molecular flexibility index (Phi) is 7.48. The van der Waals surface area contributed by atoms with Gasteiger partial charge in [-0.1, -0.05) is 17.3 Å². The number of benzene rings is 2. The predicted octanol–water partition coefficient (Wildman–Crippen LogP) is 4.17. The SMILES string of the molecule is O/N=C(\c1cc(F)ccc1F)N1CCN2CC(COc3cccc(CN4CCCC4)c3)CCC2C1. The third-order valence-electron chi connectivity index (χ3n) is 7.56. The molecule has 0 radical (unpaired) electrons. The average Bonchev–Trinajstić information content (AvgIpc) is 3.38. The van der Waals surface area contributed by atoms with Gasteiger partial charge in [0.15, 0.2) is 5.84 Å². The number of ether oxygens (including phenoxy) is 1. The first kappa shape index (κ1) is 24.0. The first-order chi connectivity index (χ1) is 17.1. The molecule has 3 aliphatic heterocycles. The number of amidine groups is 1. The molecule has 0 aromatic heterocycles. The molecular formula is C27H34F2N4O2. The Morgan fingerprint density at radius 3 is 2.69 bits per heavy atom. The molecule has 0 aliphatic carbocycles. The van der Waals surface area contributed by atoms with Crippen LogP contribution in [0.4, 0.5) is 8.78 Å². The van der Waals surface area contributed by atoms with Crippen LogP contribution in [0, 0.1) is 17.6 Å². The Labute approximate surface area is 205 Å². The molecule has 3 saturated heterocycles. The van der Waals surface area contributed by atoms with Crippen LogP contribution in [0.15, 0.2) is 47.6 Å². The van der Waals surface area contributed by atoms with Crippen LogP contribution in [-0.4, -0.2) is 77.7 Å². The molecule has 3 heterocycles. The minimum atomic E-state index is -0.591. The maximum absolute atomic E-state index is 14.3. The maximum atomic E-state index is 14.3. The molecule has 0 amide bonds. The number of rotatable bonds is 6. The van der Waals surface area contributed by atoms with Gasteiger partial charge in [-0.2, -0.15) is 0 Å². The molecule has 2 unspecified atom stereocenters. The largest absolute Gasteiger partial charge is 0.493 e. The Morgan fingerprint density at radius 1 is 1.00 bits per heavy atom. The molecule has 1 N–H and O–H groups in total. The molecule has 8 heteroatoms. The predicted molar refractivity (Wildman–Crippen MR) is 131 cm³/mol. The molecule has 188 valence electrons. The van der Waals surface area contributed by atoms with Crippen LogP contribution in [0.2, 0.25) is 0 Å². The number of likely N-dealkylation sites (tertiary alicyclic amines) is 1. The average molecular weight is 485 g/mol. The van der Waals surface area contributed by atoms with Gasteiger partial charge in [0.2, 0.25) is 0 Å². The van der Waals surface area contributed by atoms with Crippen molar-refractivity contribution in [3.8, 4) is 5.75 Å². The zero-order chi connectivity index (χ0) is 24.2. The smallest absolute Gasteiger partial charge is 0.178 e. The highest BCUT2D eigenvalue weighted by molar-refractivity contribution is 5.98. The number of oxime groups is 1. The first-order valence-corrected chi connectivity index (χ1v) is 12.7. The van der Waals surface area contributed by atoms with Crippen LogP contribution in [-0.2, 0) is 6.54 Å². The summed E-state index contributed by atoms with van der Waals surface area (Å²) in [5, 5.41) is 12.9. The standard InChI is InChI=1S/C27H34F2N4O2/c28-22-7-9-26(29)25(15-22)27(30-34)33-13-12-32-17-21(6-8-23(32)18-33)19-35-24-5-3-4-20(14-24)16-31-10-1-2-11-31/h3-5,7,9,14-15,21,23,34H,1-2,6,8,10-13,16-19H2/b30-27+. The highest BCUT2D eigenvalue weighted by atomic mass is 19.1. The molecule has 0 saturated carbocycles. The molecule has 3 aliphatic rings. The first-order valence-electron chi connectivity index (χ1n) is 12.7. The summed E-state index contributed by atoms with van der Waals surface area (Å²) in [4.78, 5) is 6.81. The molecule has 2 aromatic carbocycles. The zero-order valence-corrected chi connectivity index (χ0v) is 20.1. The van der Waals surface area contributed by atoms with Gasteiger partial charge >= 0.3 is 0 Å². The molecule has 2 atom stereocenters. The van der Waals surface area contributed by atoms with E-state index in [1.807, 2.05) is 11.0 Å². The van der Waals surface area contributed by atoms with E-state index in [4.69, 9.17) is 4.74 Å². The second-order valence-electron chi connectivity index (χ2n) is 10.0. The summed E-state index contributed by atoms with van der Waals surface area (Å²) in [6, 6.07) is 12.0. The van der Waals surface area contributed by atoms with Gasteiger partial charge in [-0.05, 0) is 74.7 Å². The second-order valence-corrected chi connectivity index (χ2v) is 10.0. The van der Waals surface area contributed by atoms with Gasteiger partial charge in [0.1, 0.15) is 17.4 Å². The topological polar surface area (TPSA) is 51.5 Å². The fourth-order valence-electron chi connectivity index (χ4n) is 5.69. The second kappa shape index (κ2) is 10.9. The lowest BCUT2D eigenvalue weighted by atomic mass is 9.91. The van der Waals surface area contributed by atoms with Crippen LogP contribution in [0.3, 0.4) is 0 Å². The molecule has 2 aromatic rings. The summed E-state index contributed by atoms with van der Waals surface area (Å²) in [7, 11) is 0. The van der Waals surface area contributed by atoms with Crippen LogP contribution >= 0.6 is 0 Å². The Bertz CT molecular complexity index is 1040. The van der Waals surface area contributed by atoms with E-state index in [1.54, 1.807) is 0 Å². The summed E-state index contributed by atoms with van der Waals surface area (Å²) in [6.07, 6.45) is 4.62. The van der Waals surface area contributed by atoms with Gasteiger partial charge in [-0.15, -0.1) is 0 Å². The van der Waals surface area contributed by atoms with Crippen molar-refractivity contribution in [2.75, 3.05) is 45.9 Å². The highest BCUT2D eigenvalue weighted by Crippen LogP contribution is 2.28. The number of piperazine rings is 1. The number of hydrogen-bond acceptors (Lipinski definition) is 5. The third kappa shape index (κ3) is 5.76. The van der Waals surface area contributed by atoms with Gasteiger partial charge in [0.05, 0.1) is 12.2 Å². The molecule has 3 fully saturated rings. The normalized spacial score (nSPS) is 23.9. The number of piperidine rings is 1. The van der Waals surface area contributed by atoms with Crippen molar-refractivity contribution in [2.45, 2.75) is 38.3 Å². The van der Waals surface area contributed by atoms with Crippen molar-refractivity contribution in [3.05, 3.63) is 65.2 Å². The van der Waals surface area contributed by atoms with E-state index in [9.17, 15) is 14.0 Å². The van der Waals surface area contributed by atoms with Crippen LogP contribution in [0.1, 0.15) is 36.8 Å². The van der Waals surface area contributed by atoms with E-state index in [-0.39, 0.29) is 17.4 Å². The van der Waals surface area contributed by atoms with Crippen LogP contribution < -0.4 is 4.74 Å². The van der Waals surface area contributed by atoms with Crippen LogP contribution in [0.25, 0.3) is 0 Å². The van der Waals surface area contributed by atoms with E-state index in [0.29, 0.717) is 25.6 Å². The fourth-order valence-corrected chi connectivity index (χ4v) is 5.69. The van der Waals surface area contributed by atoms with E-state index in [2.05, 4.69) is 33.2 Å². The minimum Gasteiger partial charge on any atom is -0.493 e. The molecule has 5 rings (SSSR count). The lowest BCUT2D eigenvalue weighted by Gasteiger charge is -2.46. The quantitative estimate of drug-likeness (QED) is 0.289. The van der Waals surface area contributed by atoms with Crippen molar-refractivity contribution in [1.29, 1.82) is 0 Å². The van der Waals surface area contributed by atoms with E-state index in [1.165, 1.54) is 31.5 Å². The van der Waals surface area contributed by atoms with Gasteiger partial charge in [0.25, 0.3) is 0 Å². The Balaban J connectivity index is 1.13. The summed E-state index contributed by atoms with van der Waals surface area (Å²) < 4.78 is 34.2. The number of fused-ring (bicyclic) bond motifs is 1. The summed E-state index contributed by atoms with van der Waals surface area (Å²) >= 11 is 0. The number of halogens is 2. The van der Waals surface area contributed by atoms with E-state index in [0.717, 1.165) is 56.4 Å². The molecule has 0 spiro atoms. The van der Waals surface area contributed by atoms with Crippen molar-refractivity contribution in [1.82, 2.24) is 14.7 Å². The van der Waals surface area contributed by atoms with Crippen molar-refractivity contribution in [3.63, 3.8) is 0 Å². The van der Waals surface area contributed by atoms with Crippen molar-refractivity contribution in [2.24, 2.45) is 11.1 Å². The van der Waals surface area contributed by atoms with Gasteiger partial charge in [-0.3, -0.25) is 9.80 Å². The van der Waals surface area contributed by atoms with E-state index < -0.39 is 11.6 Å². The molecular weight excluding hydrogens is 450 g/mol. The Morgan fingerprint density at radius 2 is 1.86 bits per heavy atom. The molecule has 35 heavy (non-hydrogen) atoms. The zero-order valence-electron chi connectivity index (χ0n) is 20.1. The van der Waals surface area contributed by atoms with E-state index >= 15 is 0 Å². The molecule has 6 nitrogen and oxygen atoms in total. The lowest BCUT2D eigenvalue weighted by molar-refractivity contribution is 0.0381. The highest BCUT2D eigenvalue weighted by Gasteiger charge is 2.35. The van der Waals surface area contributed by atoms with Crippen molar-refractivity contribution < 1.29 is 18.7 Å². The maximum Gasteiger partial charge on any atom is 0.178 e. The summed E-state index contributed by atoms with van der Waals surface area (Å²) in [6.45, 7) is 7.01. The fraction of sp³-hybridized carbons (Fsp3) is 0.519. The van der Waals surface area contributed by atoms with Crippen LogP contribution in [0.5, 0.6) is 5.75 Å². The lowest BCUT2D eigenvalue weighted by Crippen LogP contribution is -2.58. The number of hydrogen-bond donors (Lipinski definition) is 1. The van der Waals surface area contributed by atoms with Crippen molar-refractivity contribution >= 4 is 5.84 Å². The summed E-state index contributed by atoms with van der Waals surface area (Å²) in [5.41, 5.74) is 1.30. The number of nitrogens with zero attached hydrogens (tertiary/aromatic N) is 4. The summed E-state index contributed by atoms with van der Waals surface area (Å²) in [5.74, 6) is 0.345. The minimum absolute atomic E-state index is 0.00463.